The van der Waals surface area contributed by atoms with E-state index in [4.69, 9.17) is 0 Å². The topological polar surface area (TPSA) is 108 Å². The lowest BCUT2D eigenvalue weighted by Crippen LogP contribution is -2.28. The van der Waals surface area contributed by atoms with Gasteiger partial charge in [0.05, 0.1) is 21.2 Å². The van der Waals surface area contributed by atoms with Crippen LogP contribution in [0.5, 0.6) is 0 Å². The van der Waals surface area contributed by atoms with Crippen LogP contribution in [0.2, 0.25) is 0 Å². The summed E-state index contributed by atoms with van der Waals surface area (Å²) in [6.45, 7) is 3.30. The quantitative estimate of drug-likeness (QED) is 0.438. The SMILES string of the molecule is Cl.O=S(=O)(Nc1ccc(N2CCCNCC2)cc1NS(=O)(=O)c1ccccc1)c1ccccc1. The van der Waals surface area contributed by atoms with Gasteiger partial charge in [-0.25, -0.2) is 16.8 Å². The zero-order chi connectivity index (χ0) is 23.3. The lowest BCUT2D eigenvalue weighted by Gasteiger charge is -2.24. The summed E-state index contributed by atoms with van der Waals surface area (Å²) in [7, 11) is -7.83. The van der Waals surface area contributed by atoms with Crippen LogP contribution in [0.1, 0.15) is 6.42 Å². The molecule has 0 amide bonds. The van der Waals surface area contributed by atoms with E-state index in [0.717, 1.165) is 38.3 Å². The maximum atomic E-state index is 13.0. The van der Waals surface area contributed by atoms with Crippen molar-refractivity contribution in [2.75, 3.05) is 40.5 Å². The fourth-order valence-electron chi connectivity index (χ4n) is 3.61. The summed E-state index contributed by atoms with van der Waals surface area (Å²) in [5, 5.41) is 3.34. The maximum absolute atomic E-state index is 13.0. The van der Waals surface area contributed by atoms with Crippen LogP contribution in [-0.2, 0) is 20.0 Å². The fourth-order valence-corrected chi connectivity index (χ4v) is 5.81. The highest BCUT2D eigenvalue weighted by molar-refractivity contribution is 7.93. The van der Waals surface area contributed by atoms with Crippen LogP contribution in [0.3, 0.4) is 0 Å². The maximum Gasteiger partial charge on any atom is 0.261 e. The summed E-state index contributed by atoms with van der Waals surface area (Å²) in [5.74, 6) is 0. The van der Waals surface area contributed by atoms with Gasteiger partial charge in [0.25, 0.3) is 20.0 Å². The molecule has 8 nitrogen and oxygen atoms in total. The van der Waals surface area contributed by atoms with Gasteiger partial charge in [0, 0.05) is 25.3 Å². The first-order chi connectivity index (χ1) is 15.9. The lowest BCUT2D eigenvalue weighted by molar-refractivity contribution is 0.599. The van der Waals surface area contributed by atoms with Gasteiger partial charge >= 0.3 is 0 Å². The zero-order valence-corrected chi connectivity index (χ0v) is 20.8. The van der Waals surface area contributed by atoms with Crippen molar-refractivity contribution < 1.29 is 16.8 Å². The van der Waals surface area contributed by atoms with Crippen molar-refractivity contribution in [1.29, 1.82) is 0 Å². The molecule has 0 unspecified atom stereocenters. The van der Waals surface area contributed by atoms with Crippen molar-refractivity contribution in [2.45, 2.75) is 16.2 Å². The number of hydrogen-bond donors (Lipinski definition) is 3. The molecule has 34 heavy (non-hydrogen) atoms. The molecule has 3 aromatic carbocycles. The van der Waals surface area contributed by atoms with E-state index in [1.807, 2.05) is 0 Å². The van der Waals surface area contributed by atoms with Crippen LogP contribution in [-0.4, -0.2) is 43.0 Å². The number of rotatable bonds is 7. The Hall–Kier alpha value is -2.79. The molecule has 182 valence electrons. The Morgan fingerprint density at radius 1 is 0.676 bits per heavy atom. The normalized spacial score (nSPS) is 14.5. The first-order valence-corrected chi connectivity index (χ1v) is 13.6. The van der Waals surface area contributed by atoms with Gasteiger partial charge in [0.15, 0.2) is 0 Å². The molecular formula is C23H27ClN4O4S2. The van der Waals surface area contributed by atoms with E-state index < -0.39 is 20.0 Å². The molecule has 0 bridgehead atoms. The molecule has 3 aromatic rings. The minimum absolute atomic E-state index is 0. The number of nitrogens with one attached hydrogen (secondary N) is 3. The van der Waals surface area contributed by atoms with Gasteiger partial charge in [0.2, 0.25) is 0 Å². The summed E-state index contributed by atoms with van der Waals surface area (Å²) in [6.07, 6.45) is 0.952. The third kappa shape index (κ3) is 6.20. The fraction of sp³-hybridized carbons (Fsp3) is 0.217. The van der Waals surface area contributed by atoms with Gasteiger partial charge < -0.3 is 10.2 Å². The van der Waals surface area contributed by atoms with Gasteiger partial charge in [-0.1, -0.05) is 36.4 Å². The molecule has 0 saturated carbocycles. The summed E-state index contributed by atoms with van der Waals surface area (Å²) in [4.78, 5) is 2.33. The number of anilines is 3. The Morgan fingerprint density at radius 2 is 1.24 bits per heavy atom. The van der Waals surface area contributed by atoms with Gasteiger partial charge in [-0.05, 0) is 55.4 Å². The third-order valence-electron chi connectivity index (χ3n) is 5.30. The highest BCUT2D eigenvalue weighted by atomic mass is 35.5. The molecule has 1 fully saturated rings. The molecule has 0 aromatic heterocycles. The van der Waals surface area contributed by atoms with Crippen LogP contribution in [0, 0.1) is 0 Å². The number of benzene rings is 3. The summed E-state index contributed by atoms with van der Waals surface area (Å²) in [5.41, 5.74) is 1.12. The molecule has 0 radical (unpaired) electrons. The Bertz CT molecular complexity index is 1300. The van der Waals surface area contributed by atoms with Crippen molar-refractivity contribution in [2.24, 2.45) is 0 Å². The van der Waals surface area contributed by atoms with Crippen molar-refractivity contribution in [3.05, 3.63) is 78.9 Å². The molecule has 11 heteroatoms. The average molecular weight is 523 g/mol. The largest absolute Gasteiger partial charge is 0.370 e. The third-order valence-corrected chi connectivity index (χ3v) is 8.07. The van der Waals surface area contributed by atoms with E-state index in [1.54, 1.807) is 54.6 Å². The van der Waals surface area contributed by atoms with E-state index in [1.165, 1.54) is 24.3 Å². The Labute approximate surface area is 206 Å². The van der Waals surface area contributed by atoms with Crippen LogP contribution < -0.4 is 19.7 Å². The summed E-state index contributed by atoms with van der Waals surface area (Å²) < 4.78 is 57.0. The molecule has 0 atom stereocenters. The van der Waals surface area contributed by atoms with Crippen LogP contribution in [0.15, 0.2) is 88.7 Å². The van der Waals surface area contributed by atoms with E-state index >= 15 is 0 Å². The summed E-state index contributed by atoms with van der Waals surface area (Å²) >= 11 is 0. The smallest absolute Gasteiger partial charge is 0.261 e. The first kappa shape index (κ1) is 25.8. The minimum atomic E-state index is -3.93. The second-order valence-electron chi connectivity index (χ2n) is 7.66. The van der Waals surface area contributed by atoms with E-state index in [9.17, 15) is 16.8 Å². The highest BCUT2D eigenvalue weighted by Gasteiger charge is 2.21. The van der Waals surface area contributed by atoms with Crippen molar-refractivity contribution in [3.8, 4) is 0 Å². The highest BCUT2D eigenvalue weighted by Crippen LogP contribution is 2.32. The van der Waals surface area contributed by atoms with Crippen molar-refractivity contribution in [1.82, 2.24) is 5.32 Å². The minimum Gasteiger partial charge on any atom is -0.370 e. The van der Waals surface area contributed by atoms with Crippen molar-refractivity contribution >= 4 is 49.5 Å². The average Bonchev–Trinajstić information content (AvgIpc) is 3.11. The standard InChI is InChI=1S/C23H26N4O4S2.ClH/c28-32(29,20-8-3-1-4-9-20)25-22-13-12-19(27-16-7-14-24-15-17-27)18-23(22)26-33(30,31)21-10-5-2-6-11-21;/h1-6,8-13,18,24-26H,7,14-17H2;1H. The molecule has 3 N–H and O–H groups in total. The van der Waals surface area contributed by atoms with Crippen molar-refractivity contribution in [3.63, 3.8) is 0 Å². The second kappa shape index (κ2) is 11.1. The van der Waals surface area contributed by atoms with E-state index in [-0.39, 0.29) is 33.6 Å². The number of hydrogen-bond acceptors (Lipinski definition) is 6. The van der Waals surface area contributed by atoms with Crippen LogP contribution >= 0.6 is 12.4 Å². The molecule has 4 rings (SSSR count). The molecule has 0 aliphatic carbocycles. The molecule has 0 spiro atoms. The molecule has 1 heterocycles. The van der Waals surface area contributed by atoms with Gasteiger partial charge in [0.1, 0.15) is 0 Å². The first-order valence-electron chi connectivity index (χ1n) is 10.6. The zero-order valence-electron chi connectivity index (χ0n) is 18.3. The predicted molar refractivity (Wildman–Crippen MR) is 138 cm³/mol. The van der Waals surface area contributed by atoms with Gasteiger partial charge in [-0.3, -0.25) is 9.44 Å². The van der Waals surface area contributed by atoms with Crippen LogP contribution in [0.4, 0.5) is 17.1 Å². The van der Waals surface area contributed by atoms with E-state index in [0.29, 0.717) is 0 Å². The van der Waals surface area contributed by atoms with Gasteiger partial charge in [-0.2, -0.15) is 0 Å². The van der Waals surface area contributed by atoms with Gasteiger partial charge in [-0.15, -0.1) is 12.4 Å². The molecule has 1 aliphatic rings. The number of nitrogens with zero attached hydrogens (tertiary/aromatic N) is 1. The molecular weight excluding hydrogens is 496 g/mol. The number of halogens is 1. The van der Waals surface area contributed by atoms with Crippen LogP contribution in [0.25, 0.3) is 0 Å². The number of sulfonamides is 2. The monoisotopic (exact) mass is 522 g/mol. The van der Waals surface area contributed by atoms with E-state index in [2.05, 4.69) is 19.7 Å². The predicted octanol–water partition coefficient (Wildman–Crippen LogP) is 3.51. The Kier molecular flexibility index (Phi) is 8.42. The second-order valence-corrected chi connectivity index (χ2v) is 11.0. The summed E-state index contributed by atoms with van der Waals surface area (Å²) in [6, 6.07) is 21.0. The lowest BCUT2D eigenvalue weighted by atomic mass is 10.2. The Morgan fingerprint density at radius 3 is 1.82 bits per heavy atom. The molecule has 1 aliphatic heterocycles. The Balaban J connectivity index is 0.00000324. The molecule has 1 saturated heterocycles.